The smallest absolute Gasteiger partial charge is 0.354 e. The molecule has 17 heavy (non-hydrogen) atoms. The van der Waals surface area contributed by atoms with Gasteiger partial charge in [-0.15, -0.1) is 0 Å². The summed E-state index contributed by atoms with van der Waals surface area (Å²) in [5, 5.41) is 9.04. The molecular weight excluding hydrogens is 220 g/mol. The van der Waals surface area contributed by atoms with Crippen molar-refractivity contribution >= 4 is 5.97 Å². The number of nitrogens with zero attached hydrogens (tertiary/aromatic N) is 2. The molecule has 0 aliphatic carbocycles. The number of aromatic nitrogens is 1. The molecule has 1 aliphatic heterocycles. The molecule has 0 aromatic carbocycles. The van der Waals surface area contributed by atoms with E-state index in [0.717, 1.165) is 18.7 Å². The van der Waals surface area contributed by atoms with Crippen molar-refractivity contribution in [2.24, 2.45) is 0 Å². The van der Waals surface area contributed by atoms with Gasteiger partial charge in [0, 0.05) is 25.8 Å². The van der Waals surface area contributed by atoms with Crippen LogP contribution in [0.1, 0.15) is 23.0 Å². The van der Waals surface area contributed by atoms with E-state index in [1.807, 2.05) is 13.0 Å². The van der Waals surface area contributed by atoms with Crippen LogP contribution in [0.3, 0.4) is 0 Å². The van der Waals surface area contributed by atoms with Crippen molar-refractivity contribution in [2.75, 3.05) is 19.7 Å². The number of carbonyl (C=O) groups is 1. The highest BCUT2D eigenvalue weighted by Gasteiger charge is 2.19. The van der Waals surface area contributed by atoms with E-state index in [1.165, 1.54) is 6.20 Å². The summed E-state index contributed by atoms with van der Waals surface area (Å²) in [6, 6.07) is 3.59. The van der Waals surface area contributed by atoms with Gasteiger partial charge in [-0.2, -0.15) is 0 Å². The number of rotatable bonds is 3. The van der Waals surface area contributed by atoms with Crippen molar-refractivity contribution in [3.05, 3.63) is 29.6 Å². The van der Waals surface area contributed by atoms with Gasteiger partial charge in [0.05, 0.1) is 12.7 Å². The van der Waals surface area contributed by atoms with Gasteiger partial charge >= 0.3 is 5.97 Å². The van der Waals surface area contributed by atoms with Crippen LogP contribution in [0.2, 0.25) is 0 Å². The Morgan fingerprint density at radius 1 is 1.71 bits per heavy atom. The number of carboxylic acid groups (broad SMARTS) is 1. The van der Waals surface area contributed by atoms with E-state index in [1.54, 1.807) is 6.07 Å². The second kappa shape index (κ2) is 5.25. The minimum absolute atomic E-state index is 0.145. The summed E-state index contributed by atoms with van der Waals surface area (Å²) in [4.78, 5) is 17.1. The Bertz CT molecular complexity index is 408. The minimum Gasteiger partial charge on any atom is -0.477 e. The maximum absolute atomic E-state index is 11.0. The highest BCUT2D eigenvalue weighted by Crippen LogP contribution is 2.12. The zero-order chi connectivity index (χ0) is 12.3. The maximum Gasteiger partial charge on any atom is 0.354 e. The molecule has 2 rings (SSSR count). The highest BCUT2D eigenvalue weighted by molar-refractivity contribution is 5.86. The lowest BCUT2D eigenvalue weighted by molar-refractivity contribution is -0.0213. The van der Waals surface area contributed by atoms with Gasteiger partial charge in [-0.3, -0.25) is 4.90 Å². The SMILES string of the molecule is CC1CN(Cc2cccnc2C(=O)O)CCO1. The first-order chi connectivity index (χ1) is 8.16. The first-order valence-electron chi connectivity index (χ1n) is 5.68. The summed E-state index contributed by atoms with van der Waals surface area (Å²) < 4.78 is 5.45. The summed E-state index contributed by atoms with van der Waals surface area (Å²) in [6.45, 7) is 4.99. The summed E-state index contributed by atoms with van der Waals surface area (Å²) in [6.07, 6.45) is 1.71. The Morgan fingerprint density at radius 3 is 3.24 bits per heavy atom. The molecule has 1 unspecified atom stereocenters. The third-order valence-corrected chi connectivity index (χ3v) is 2.81. The molecule has 0 saturated carbocycles. The minimum atomic E-state index is -0.970. The first kappa shape index (κ1) is 12.0. The number of hydrogen-bond acceptors (Lipinski definition) is 4. The molecular formula is C12H16N2O3. The Kier molecular flexibility index (Phi) is 3.71. The highest BCUT2D eigenvalue weighted by atomic mass is 16.5. The predicted molar refractivity (Wildman–Crippen MR) is 61.9 cm³/mol. The van der Waals surface area contributed by atoms with Gasteiger partial charge < -0.3 is 9.84 Å². The van der Waals surface area contributed by atoms with Crippen LogP contribution in [-0.2, 0) is 11.3 Å². The van der Waals surface area contributed by atoms with Crippen LogP contribution in [0, 0.1) is 0 Å². The molecule has 0 spiro atoms. The van der Waals surface area contributed by atoms with Gasteiger partial charge in [-0.1, -0.05) is 6.07 Å². The molecule has 1 fully saturated rings. The maximum atomic E-state index is 11.0. The molecule has 0 radical (unpaired) electrons. The molecule has 1 atom stereocenters. The number of carboxylic acids is 1. The van der Waals surface area contributed by atoms with Gasteiger partial charge in [0.25, 0.3) is 0 Å². The van der Waals surface area contributed by atoms with Crippen molar-refractivity contribution < 1.29 is 14.6 Å². The van der Waals surface area contributed by atoms with Crippen molar-refractivity contribution in [3.8, 4) is 0 Å². The summed E-state index contributed by atoms with van der Waals surface area (Å²) >= 11 is 0. The van der Waals surface area contributed by atoms with Crippen LogP contribution < -0.4 is 0 Å². The van der Waals surface area contributed by atoms with Crippen molar-refractivity contribution in [3.63, 3.8) is 0 Å². The molecule has 92 valence electrons. The Hall–Kier alpha value is -1.46. The average Bonchev–Trinajstić information content (AvgIpc) is 2.29. The molecule has 0 bridgehead atoms. The molecule has 5 heteroatoms. The summed E-state index contributed by atoms with van der Waals surface area (Å²) in [7, 11) is 0. The van der Waals surface area contributed by atoms with Gasteiger partial charge in [0.2, 0.25) is 0 Å². The fourth-order valence-corrected chi connectivity index (χ4v) is 2.03. The Labute approximate surface area is 100 Å². The molecule has 1 saturated heterocycles. The average molecular weight is 236 g/mol. The molecule has 2 heterocycles. The second-order valence-corrected chi connectivity index (χ2v) is 4.23. The van der Waals surface area contributed by atoms with Crippen LogP contribution in [0.15, 0.2) is 18.3 Å². The number of morpholine rings is 1. The Balaban J connectivity index is 2.10. The van der Waals surface area contributed by atoms with E-state index < -0.39 is 5.97 Å². The fraction of sp³-hybridized carbons (Fsp3) is 0.500. The predicted octanol–water partition coefficient (Wildman–Crippen LogP) is 1.00. The van der Waals surface area contributed by atoms with Crippen LogP contribution >= 0.6 is 0 Å². The fourth-order valence-electron chi connectivity index (χ4n) is 2.03. The number of aromatic carboxylic acids is 1. The zero-order valence-corrected chi connectivity index (χ0v) is 9.80. The van der Waals surface area contributed by atoms with E-state index in [-0.39, 0.29) is 11.8 Å². The largest absolute Gasteiger partial charge is 0.477 e. The van der Waals surface area contributed by atoms with Crippen LogP contribution in [0.5, 0.6) is 0 Å². The van der Waals surface area contributed by atoms with Crippen LogP contribution in [0.25, 0.3) is 0 Å². The lowest BCUT2D eigenvalue weighted by atomic mass is 10.1. The van der Waals surface area contributed by atoms with Crippen molar-refractivity contribution in [1.29, 1.82) is 0 Å². The van der Waals surface area contributed by atoms with Gasteiger partial charge in [-0.05, 0) is 18.6 Å². The van der Waals surface area contributed by atoms with E-state index in [4.69, 9.17) is 9.84 Å². The monoisotopic (exact) mass is 236 g/mol. The first-order valence-corrected chi connectivity index (χ1v) is 5.68. The topological polar surface area (TPSA) is 62.7 Å². The quantitative estimate of drug-likeness (QED) is 0.848. The third kappa shape index (κ3) is 3.01. The lowest BCUT2D eigenvalue weighted by Crippen LogP contribution is -2.40. The molecule has 1 aliphatic rings. The standard InChI is InChI=1S/C12H16N2O3/c1-9-7-14(5-6-17-9)8-10-3-2-4-13-11(10)12(15)16/h2-4,9H,5-8H2,1H3,(H,15,16). The van der Waals surface area contributed by atoms with Gasteiger partial charge in [0.1, 0.15) is 0 Å². The zero-order valence-electron chi connectivity index (χ0n) is 9.80. The molecule has 1 aromatic rings. The van der Waals surface area contributed by atoms with Crippen molar-refractivity contribution in [1.82, 2.24) is 9.88 Å². The summed E-state index contributed by atoms with van der Waals surface area (Å²) in [5.41, 5.74) is 0.903. The molecule has 1 N–H and O–H groups in total. The second-order valence-electron chi connectivity index (χ2n) is 4.23. The van der Waals surface area contributed by atoms with Crippen molar-refractivity contribution in [2.45, 2.75) is 19.6 Å². The van der Waals surface area contributed by atoms with Gasteiger partial charge in [-0.25, -0.2) is 9.78 Å². The van der Waals surface area contributed by atoms with Crippen LogP contribution in [-0.4, -0.2) is 46.8 Å². The normalized spacial score (nSPS) is 21.4. The molecule has 5 nitrogen and oxygen atoms in total. The van der Waals surface area contributed by atoms with Gasteiger partial charge in [0.15, 0.2) is 5.69 Å². The number of hydrogen-bond donors (Lipinski definition) is 1. The van der Waals surface area contributed by atoms with E-state index in [9.17, 15) is 4.79 Å². The van der Waals surface area contributed by atoms with Crippen LogP contribution in [0.4, 0.5) is 0 Å². The van der Waals surface area contributed by atoms with E-state index >= 15 is 0 Å². The third-order valence-electron chi connectivity index (χ3n) is 2.81. The summed E-state index contributed by atoms with van der Waals surface area (Å²) in [5.74, 6) is -0.970. The number of pyridine rings is 1. The molecule has 1 aromatic heterocycles. The van der Waals surface area contributed by atoms with E-state index in [2.05, 4.69) is 9.88 Å². The van der Waals surface area contributed by atoms with E-state index in [0.29, 0.717) is 13.2 Å². The number of ether oxygens (including phenoxy) is 1. The Morgan fingerprint density at radius 2 is 2.53 bits per heavy atom. The lowest BCUT2D eigenvalue weighted by Gasteiger charge is -2.31. The molecule has 0 amide bonds.